The van der Waals surface area contributed by atoms with Gasteiger partial charge in [-0.05, 0) is 33.6 Å². The third kappa shape index (κ3) is 3.49. The molecular weight excluding hydrogens is 344 g/mol. The van der Waals surface area contributed by atoms with Crippen molar-refractivity contribution in [1.82, 2.24) is 18.7 Å². The number of anilines is 1. The van der Waals surface area contributed by atoms with E-state index >= 15 is 0 Å². The van der Waals surface area contributed by atoms with Gasteiger partial charge in [0.2, 0.25) is 5.95 Å². The van der Waals surface area contributed by atoms with Crippen molar-refractivity contribution in [3.63, 3.8) is 0 Å². The van der Waals surface area contributed by atoms with Crippen LogP contribution in [0, 0.1) is 0 Å². The predicted octanol–water partition coefficient (Wildman–Crippen LogP) is 1.28. The molecule has 1 fully saturated rings. The summed E-state index contributed by atoms with van der Waals surface area (Å²) >= 11 is 0. The van der Waals surface area contributed by atoms with E-state index in [-0.39, 0.29) is 11.6 Å². The van der Waals surface area contributed by atoms with Gasteiger partial charge < -0.3 is 15.2 Å². The molecule has 1 aliphatic heterocycles. The summed E-state index contributed by atoms with van der Waals surface area (Å²) in [6.45, 7) is 7.85. The molecule has 0 aliphatic carbocycles. The molecule has 2 aromatic heterocycles. The Balaban J connectivity index is 2.32. The van der Waals surface area contributed by atoms with Gasteiger partial charge in [-0.1, -0.05) is 17.7 Å². The number of hydrogen-bond acceptors (Lipinski definition) is 5. The summed E-state index contributed by atoms with van der Waals surface area (Å²) < 4.78 is 4.47. The first-order valence-electron chi connectivity index (χ1n) is 9.33. The molecule has 0 spiro atoms. The van der Waals surface area contributed by atoms with Crippen LogP contribution in [0.25, 0.3) is 17.4 Å². The zero-order chi connectivity index (χ0) is 19.7. The number of allylic oxidation sites excluding steroid dienone is 3. The zero-order valence-corrected chi connectivity index (χ0v) is 16.5. The van der Waals surface area contributed by atoms with E-state index in [1.807, 2.05) is 18.4 Å². The van der Waals surface area contributed by atoms with E-state index in [4.69, 9.17) is 10.7 Å². The first-order valence-corrected chi connectivity index (χ1v) is 9.33. The predicted molar refractivity (Wildman–Crippen MR) is 109 cm³/mol. The van der Waals surface area contributed by atoms with Gasteiger partial charge in [0.15, 0.2) is 11.2 Å². The van der Waals surface area contributed by atoms with Crippen molar-refractivity contribution in [2.24, 2.45) is 12.8 Å². The second-order valence-corrected chi connectivity index (χ2v) is 7.32. The zero-order valence-electron chi connectivity index (χ0n) is 16.5. The Hall–Kier alpha value is -2.61. The first-order chi connectivity index (χ1) is 12.8. The maximum atomic E-state index is 13.1. The normalized spacial score (nSPS) is 17.8. The maximum Gasteiger partial charge on any atom is 0.336 e. The van der Waals surface area contributed by atoms with Crippen molar-refractivity contribution in [3.05, 3.63) is 38.6 Å². The molecule has 0 saturated carbocycles. The lowest BCUT2D eigenvalue weighted by atomic mass is 10.1. The van der Waals surface area contributed by atoms with E-state index in [1.165, 1.54) is 10.8 Å². The van der Waals surface area contributed by atoms with E-state index in [9.17, 15) is 9.59 Å². The maximum absolute atomic E-state index is 13.1. The second-order valence-electron chi connectivity index (χ2n) is 7.32. The molecule has 3 rings (SSSR count). The highest BCUT2D eigenvalue weighted by molar-refractivity contribution is 5.75. The van der Waals surface area contributed by atoms with Crippen LogP contribution in [0.15, 0.2) is 27.3 Å². The van der Waals surface area contributed by atoms with Crippen LogP contribution in [-0.4, -0.2) is 37.8 Å². The summed E-state index contributed by atoms with van der Waals surface area (Å²) in [5.74, 6) is 0.697. The van der Waals surface area contributed by atoms with Gasteiger partial charge in [-0.2, -0.15) is 4.98 Å². The first kappa shape index (κ1) is 19.2. The van der Waals surface area contributed by atoms with Gasteiger partial charge in [-0.15, -0.1) is 0 Å². The standard InChI is InChI=1S/C19H28N6O2/c1-5-9-25-17(26)15-16(22(4)19(25)27)21-18(24(15)11-8-13(2)3)23-10-6-7-14(20)12-23/h5,8-9,14H,6-7,10-12,20H2,1-4H3. The second kappa shape index (κ2) is 7.56. The third-order valence-corrected chi connectivity index (χ3v) is 4.88. The average Bonchev–Trinajstić information content (AvgIpc) is 3.01. The molecule has 0 radical (unpaired) electrons. The van der Waals surface area contributed by atoms with Crippen molar-refractivity contribution in [2.45, 2.75) is 46.2 Å². The Morgan fingerprint density at radius 2 is 2.07 bits per heavy atom. The highest BCUT2D eigenvalue weighted by Gasteiger charge is 2.25. The molecule has 3 heterocycles. The van der Waals surface area contributed by atoms with E-state index < -0.39 is 5.69 Å². The number of aromatic nitrogens is 4. The van der Waals surface area contributed by atoms with E-state index in [0.29, 0.717) is 30.2 Å². The topological polar surface area (TPSA) is 91.1 Å². The van der Waals surface area contributed by atoms with Crippen LogP contribution < -0.4 is 21.9 Å². The molecule has 1 saturated heterocycles. The lowest BCUT2D eigenvalue weighted by Crippen LogP contribution is -2.44. The molecule has 2 aromatic rings. The van der Waals surface area contributed by atoms with Crippen LogP contribution >= 0.6 is 0 Å². The number of rotatable bonds is 4. The summed E-state index contributed by atoms with van der Waals surface area (Å²) in [6, 6.07) is 0.0824. The van der Waals surface area contributed by atoms with E-state index in [1.54, 1.807) is 20.0 Å². The van der Waals surface area contributed by atoms with Gasteiger partial charge in [-0.25, -0.2) is 9.36 Å². The van der Waals surface area contributed by atoms with Crippen molar-refractivity contribution < 1.29 is 0 Å². The van der Waals surface area contributed by atoms with E-state index in [0.717, 1.165) is 29.5 Å². The molecule has 2 N–H and O–H groups in total. The summed E-state index contributed by atoms with van der Waals surface area (Å²) in [7, 11) is 1.65. The van der Waals surface area contributed by atoms with Crippen molar-refractivity contribution in [3.8, 4) is 0 Å². The summed E-state index contributed by atoms with van der Waals surface area (Å²) in [5.41, 5.74) is 7.39. The quantitative estimate of drug-likeness (QED) is 0.817. The molecular formula is C19H28N6O2. The Labute approximate surface area is 158 Å². The monoisotopic (exact) mass is 372 g/mol. The average molecular weight is 372 g/mol. The number of nitrogens with two attached hydrogens (primary N) is 1. The fraction of sp³-hybridized carbons (Fsp3) is 0.526. The Morgan fingerprint density at radius 3 is 2.70 bits per heavy atom. The molecule has 1 aliphatic rings. The number of fused-ring (bicyclic) bond motifs is 1. The van der Waals surface area contributed by atoms with Crippen LogP contribution in [0.4, 0.5) is 5.95 Å². The van der Waals surface area contributed by atoms with Crippen molar-refractivity contribution >= 4 is 23.3 Å². The minimum absolute atomic E-state index is 0.0824. The van der Waals surface area contributed by atoms with Gasteiger partial charge in [0, 0.05) is 38.9 Å². The smallest absolute Gasteiger partial charge is 0.336 e. The number of imidazole rings is 1. The lowest BCUT2D eigenvalue weighted by Gasteiger charge is -2.31. The fourth-order valence-corrected chi connectivity index (χ4v) is 3.49. The number of aryl methyl sites for hydroxylation is 1. The minimum Gasteiger partial charge on any atom is -0.341 e. The Kier molecular flexibility index (Phi) is 5.36. The Morgan fingerprint density at radius 1 is 1.33 bits per heavy atom. The molecule has 0 aromatic carbocycles. The fourth-order valence-electron chi connectivity index (χ4n) is 3.49. The van der Waals surface area contributed by atoms with Gasteiger partial charge in [0.25, 0.3) is 5.56 Å². The number of nitrogens with zero attached hydrogens (tertiary/aromatic N) is 5. The molecule has 8 nitrogen and oxygen atoms in total. The lowest BCUT2D eigenvalue weighted by molar-refractivity contribution is 0.495. The van der Waals surface area contributed by atoms with Gasteiger partial charge in [0.1, 0.15) is 0 Å². The van der Waals surface area contributed by atoms with Crippen LogP contribution in [0.3, 0.4) is 0 Å². The molecule has 27 heavy (non-hydrogen) atoms. The van der Waals surface area contributed by atoms with Crippen LogP contribution in [0.2, 0.25) is 0 Å². The molecule has 146 valence electrons. The molecule has 0 amide bonds. The van der Waals surface area contributed by atoms with Gasteiger partial charge in [0.05, 0.1) is 0 Å². The minimum atomic E-state index is -0.403. The van der Waals surface area contributed by atoms with Crippen LogP contribution in [0.1, 0.15) is 33.6 Å². The summed E-state index contributed by atoms with van der Waals surface area (Å²) in [6.07, 6.45) is 7.19. The summed E-state index contributed by atoms with van der Waals surface area (Å²) in [5, 5.41) is 0. The SMILES string of the molecule is CC=Cn1c(=O)c2c(nc(N3CCCC(N)C3)n2CC=C(C)C)n(C)c1=O. The number of hydrogen-bond donors (Lipinski definition) is 1. The highest BCUT2D eigenvalue weighted by Crippen LogP contribution is 2.23. The van der Waals surface area contributed by atoms with Crippen LogP contribution in [-0.2, 0) is 13.6 Å². The van der Waals surface area contributed by atoms with Gasteiger partial charge >= 0.3 is 5.69 Å². The highest BCUT2D eigenvalue weighted by atomic mass is 16.2. The van der Waals surface area contributed by atoms with E-state index in [2.05, 4.69) is 11.0 Å². The molecule has 1 atom stereocenters. The summed E-state index contributed by atoms with van der Waals surface area (Å²) in [4.78, 5) is 32.5. The largest absolute Gasteiger partial charge is 0.341 e. The van der Waals surface area contributed by atoms with Crippen molar-refractivity contribution in [2.75, 3.05) is 18.0 Å². The molecule has 8 heteroatoms. The van der Waals surface area contributed by atoms with Crippen LogP contribution in [0.5, 0.6) is 0 Å². The molecule has 1 unspecified atom stereocenters. The molecule has 0 bridgehead atoms. The van der Waals surface area contributed by atoms with Crippen molar-refractivity contribution in [1.29, 1.82) is 0 Å². The Bertz CT molecular complexity index is 1020. The third-order valence-electron chi connectivity index (χ3n) is 4.88. The number of piperidine rings is 1. The van der Waals surface area contributed by atoms with Gasteiger partial charge in [-0.3, -0.25) is 9.36 Å².